The maximum absolute atomic E-state index is 11.3. The highest BCUT2D eigenvalue weighted by Crippen LogP contribution is 2.35. The van der Waals surface area contributed by atoms with Crippen molar-refractivity contribution in [3.05, 3.63) is 78.9 Å². The highest BCUT2D eigenvalue weighted by molar-refractivity contribution is 5.77. The lowest BCUT2D eigenvalue weighted by Gasteiger charge is -2.25. The van der Waals surface area contributed by atoms with Gasteiger partial charge in [-0.25, -0.2) is 4.79 Å². The number of carbonyl (C=O) groups is 1. The standard InChI is InChI=1S/C20H19N3O2/c1-22-20(24)25-19-13-11-18(12-14-19)23(16-5-3-2-4-6-16)17-9-7-15(21)8-10-17/h2-14H,21H2,1H3,(H,22,24). The number of ether oxygens (including phenoxy) is 1. The van der Waals surface area contributed by atoms with Crippen LogP contribution >= 0.6 is 0 Å². The van der Waals surface area contributed by atoms with Crippen LogP contribution in [0.3, 0.4) is 0 Å². The summed E-state index contributed by atoms with van der Waals surface area (Å²) >= 11 is 0. The van der Waals surface area contributed by atoms with E-state index in [0.717, 1.165) is 17.1 Å². The second-order valence-corrected chi connectivity index (χ2v) is 5.40. The van der Waals surface area contributed by atoms with Crippen LogP contribution < -0.4 is 20.7 Å². The summed E-state index contributed by atoms with van der Waals surface area (Å²) in [5.74, 6) is 0.480. The van der Waals surface area contributed by atoms with Crippen LogP contribution in [0.5, 0.6) is 5.75 Å². The van der Waals surface area contributed by atoms with Gasteiger partial charge in [0.15, 0.2) is 0 Å². The van der Waals surface area contributed by atoms with E-state index in [1.807, 2.05) is 66.7 Å². The molecule has 0 saturated carbocycles. The van der Waals surface area contributed by atoms with Gasteiger partial charge in [0.25, 0.3) is 0 Å². The number of amides is 1. The number of benzene rings is 3. The second kappa shape index (κ2) is 7.40. The molecular weight excluding hydrogens is 314 g/mol. The summed E-state index contributed by atoms with van der Waals surface area (Å²) in [5.41, 5.74) is 9.48. The molecule has 0 fully saturated rings. The van der Waals surface area contributed by atoms with Gasteiger partial charge in [0.2, 0.25) is 0 Å². The van der Waals surface area contributed by atoms with Crippen LogP contribution in [0.2, 0.25) is 0 Å². The topological polar surface area (TPSA) is 67.6 Å². The van der Waals surface area contributed by atoms with Gasteiger partial charge in [-0.05, 0) is 60.7 Å². The lowest BCUT2D eigenvalue weighted by atomic mass is 10.2. The Bertz CT molecular complexity index is 831. The summed E-state index contributed by atoms with van der Waals surface area (Å²) in [6.07, 6.45) is -0.494. The first-order valence-electron chi connectivity index (χ1n) is 7.88. The number of nitrogens with zero attached hydrogens (tertiary/aromatic N) is 1. The predicted molar refractivity (Wildman–Crippen MR) is 101 cm³/mol. The average molecular weight is 333 g/mol. The van der Waals surface area contributed by atoms with Crippen LogP contribution in [0.15, 0.2) is 78.9 Å². The smallest absolute Gasteiger partial charge is 0.410 e. The fourth-order valence-corrected chi connectivity index (χ4v) is 2.47. The molecule has 3 N–H and O–H groups in total. The van der Waals surface area contributed by atoms with Crippen LogP contribution in [0.25, 0.3) is 0 Å². The van der Waals surface area contributed by atoms with Crippen LogP contribution in [-0.4, -0.2) is 13.1 Å². The molecule has 1 amide bonds. The van der Waals surface area contributed by atoms with Crippen LogP contribution in [0, 0.1) is 0 Å². The zero-order valence-corrected chi connectivity index (χ0v) is 13.8. The Morgan fingerprint density at radius 2 is 1.36 bits per heavy atom. The van der Waals surface area contributed by atoms with Gasteiger partial charge in [0.1, 0.15) is 5.75 Å². The molecule has 0 aliphatic carbocycles. The summed E-state index contributed by atoms with van der Waals surface area (Å²) in [7, 11) is 1.52. The van der Waals surface area contributed by atoms with Crippen molar-refractivity contribution in [1.29, 1.82) is 0 Å². The average Bonchev–Trinajstić information content (AvgIpc) is 2.66. The van der Waals surface area contributed by atoms with Crippen molar-refractivity contribution in [3.8, 4) is 5.75 Å². The monoisotopic (exact) mass is 333 g/mol. The van der Waals surface area contributed by atoms with E-state index in [1.165, 1.54) is 7.05 Å². The quantitative estimate of drug-likeness (QED) is 0.692. The highest BCUT2D eigenvalue weighted by Gasteiger charge is 2.12. The number of hydrogen-bond acceptors (Lipinski definition) is 4. The molecule has 3 aromatic carbocycles. The van der Waals surface area contributed by atoms with E-state index in [2.05, 4.69) is 10.2 Å². The van der Waals surface area contributed by atoms with Crippen molar-refractivity contribution in [1.82, 2.24) is 5.32 Å². The molecule has 0 aromatic heterocycles. The summed E-state index contributed by atoms with van der Waals surface area (Å²) in [5, 5.41) is 2.42. The Balaban J connectivity index is 1.97. The molecule has 0 unspecified atom stereocenters. The normalized spacial score (nSPS) is 10.1. The molecule has 0 heterocycles. The first-order valence-corrected chi connectivity index (χ1v) is 7.88. The number of anilines is 4. The third-order valence-electron chi connectivity index (χ3n) is 3.68. The molecule has 0 spiro atoms. The Morgan fingerprint density at radius 1 is 0.840 bits per heavy atom. The lowest BCUT2D eigenvalue weighted by Crippen LogP contribution is -2.22. The van der Waals surface area contributed by atoms with Gasteiger partial charge < -0.3 is 20.7 Å². The number of carbonyl (C=O) groups excluding carboxylic acids is 1. The lowest BCUT2D eigenvalue weighted by molar-refractivity contribution is 0.203. The molecule has 25 heavy (non-hydrogen) atoms. The molecule has 126 valence electrons. The maximum atomic E-state index is 11.3. The molecule has 3 aromatic rings. The van der Waals surface area contributed by atoms with Crippen LogP contribution in [0.1, 0.15) is 0 Å². The van der Waals surface area contributed by atoms with Gasteiger partial charge in [-0.1, -0.05) is 18.2 Å². The number of nitrogens with two attached hydrogens (primary N) is 1. The summed E-state index contributed by atoms with van der Waals surface area (Å²) in [6.45, 7) is 0. The zero-order valence-electron chi connectivity index (χ0n) is 13.8. The molecule has 0 bridgehead atoms. The predicted octanol–water partition coefficient (Wildman–Crippen LogP) is 4.46. The third-order valence-corrected chi connectivity index (χ3v) is 3.68. The third kappa shape index (κ3) is 3.90. The molecule has 5 heteroatoms. The fourth-order valence-electron chi connectivity index (χ4n) is 2.47. The van der Waals surface area contributed by atoms with E-state index >= 15 is 0 Å². The molecule has 5 nitrogen and oxygen atoms in total. The molecule has 0 radical (unpaired) electrons. The van der Waals surface area contributed by atoms with Crippen LogP contribution in [-0.2, 0) is 0 Å². The fraction of sp³-hybridized carbons (Fsp3) is 0.0500. The maximum Gasteiger partial charge on any atom is 0.412 e. The van der Waals surface area contributed by atoms with Crippen molar-refractivity contribution < 1.29 is 9.53 Å². The van der Waals surface area contributed by atoms with Crippen LogP contribution in [0.4, 0.5) is 27.5 Å². The largest absolute Gasteiger partial charge is 0.412 e. The van der Waals surface area contributed by atoms with Gasteiger partial charge in [-0.2, -0.15) is 0 Å². The Labute approximate surface area is 146 Å². The molecule has 0 aliphatic heterocycles. The number of rotatable bonds is 4. The Kier molecular flexibility index (Phi) is 4.85. The number of nitrogen functional groups attached to an aromatic ring is 1. The minimum absolute atomic E-state index is 0.480. The highest BCUT2D eigenvalue weighted by atomic mass is 16.5. The second-order valence-electron chi connectivity index (χ2n) is 5.40. The van der Waals surface area contributed by atoms with Gasteiger partial charge in [0.05, 0.1) is 0 Å². The van der Waals surface area contributed by atoms with E-state index in [4.69, 9.17) is 10.5 Å². The van der Waals surface area contributed by atoms with Gasteiger partial charge in [-0.15, -0.1) is 0 Å². The molecule has 0 aliphatic rings. The van der Waals surface area contributed by atoms with E-state index < -0.39 is 6.09 Å². The first kappa shape index (κ1) is 16.4. The summed E-state index contributed by atoms with van der Waals surface area (Å²) in [6, 6.07) is 25.0. The summed E-state index contributed by atoms with van der Waals surface area (Å²) < 4.78 is 5.14. The van der Waals surface area contributed by atoms with Gasteiger partial charge >= 0.3 is 6.09 Å². The van der Waals surface area contributed by atoms with Crippen molar-refractivity contribution in [2.24, 2.45) is 0 Å². The van der Waals surface area contributed by atoms with Crippen molar-refractivity contribution >= 4 is 28.8 Å². The zero-order chi connectivity index (χ0) is 17.6. The van der Waals surface area contributed by atoms with Crippen molar-refractivity contribution in [2.45, 2.75) is 0 Å². The van der Waals surface area contributed by atoms with E-state index in [1.54, 1.807) is 12.1 Å². The minimum atomic E-state index is -0.494. The SMILES string of the molecule is CNC(=O)Oc1ccc(N(c2ccccc2)c2ccc(N)cc2)cc1. The van der Waals surface area contributed by atoms with Crippen molar-refractivity contribution in [3.63, 3.8) is 0 Å². The number of hydrogen-bond donors (Lipinski definition) is 2. The van der Waals surface area contributed by atoms with E-state index in [-0.39, 0.29) is 0 Å². The summed E-state index contributed by atoms with van der Waals surface area (Å²) in [4.78, 5) is 13.4. The minimum Gasteiger partial charge on any atom is -0.410 e. The van der Waals surface area contributed by atoms with Gasteiger partial charge in [0, 0.05) is 29.8 Å². The molecular formula is C20H19N3O2. The number of para-hydroxylation sites is 1. The molecule has 0 atom stereocenters. The Morgan fingerprint density at radius 3 is 1.92 bits per heavy atom. The van der Waals surface area contributed by atoms with E-state index in [0.29, 0.717) is 11.4 Å². The first-order chi connectivity index (χ1) is 12.2. The van der Waals surface area contributed by atoms with Crippen molar-refractivity contribution in [2.75, 3.05) is 17.7 Å². The van der Waals surface area contributed by atoms with Gasteiger partial charge in [-0.3, -0.25) is 0 Å². The van der Waals surface area contributed by atoms with E-state index in [9.17, 15) is 4.79 Å². The Hall–Kier alpha value is -3.47. The number of nitrogens with one attached hydrogen (secondary N) is 1. The molecule has 3 rings (SSSR count). The molecule has 0 saturated heterocycles.